The van der Waals surface area contributed by atoms with E-state index in [1.54, 1.807) is 6.92 Å². The normalized spacial score (nSPS) is 19.6. The molecular weight excluding hydrogens is 244 g/mol. The summed E-state index contributed by atoms with van der Waals surface area (Å²) in [6, 6.07) is -0.0312. The maximum atomic E-state index is 12.2. The first-order valence-corrected chi connectivity index (χ1v) is 7.36. The Morgan fingerprint density at radius 2 is 2.26 bits per heavy atom. The van der Waals surface area contributed by atoms with Crippen LogP contribution < -0.4 is 5.32 Å². The third-order valence-electron chi connectivity index (χ3n) is 3.29. The van der Waals surface area contributed by atoms with Crippen molar-refractivity contribution in [3.05, 3.63) is 0 Å². The molecule has 1 aliphatic rings. The molecule has 1 atom stereocenters. The number of nitrogens with zero attached hydrogens (tertiary/aromatic N) is 1. The van der Waals surface area contributed by atoms with Gasteiger partial charge in [0.05, 0.1) is 12.6 Å². The molecule has 1 aliphatic heterocycles. The quantitative estimate of drug-likeness (QED) is 0.676. The third kappa shape index (κ3) is 5.59. The molecule has 0 aromatic heterocycles. The van der Waals surface area contributed by atoms with Crippen LogP contribution in [0.25, 0.3) is 0 Å². The van der Waals surface area contributed by atoms with Crippen molar-refractivity contribution < 1.29 is 14.3 Å². The first kappa shape index (κ1) is 16.0. The van der Waals surface area contributed by atoms with Gasteiger partial charge in [-0.2, -0.15) is 0 Å². The highest BCUT2D eigenvalue weighted by atomic mass is 16.5. The number of esters is 1. The number of piperidine rings is 1. The zero-order valence-corrected chi connectivity index (χ0v) is 12.1. The van der Waals surface area contributed by atoms with Crippen molar-refractivity contribution in [2.45, 2.75) is 52.0 Å². The summed E-state index contributed by atoms with van der Waals surface area (Å²) in [6.07, 6.45) is 4.07. The van der Waals surface area contributed by atoms with Gasteiger partial charge in [0.1, 0.15) is 0 Å². The molecule has 1 fully saturated rings. The van der Waals surface area contributed by atoms with Gasteiger partial charge in [0.15, 0.2) is 0 Å². The van der Waals surface area contributed by atoms with Gasteiger partial charge in [-0.05, 0) is 39.2 Å². The van der Waals surface area contributed by atoms with Gasteiger partial charge in [0.25, 0.3) is 0 Å². The van der Waals surface area contributed by atoms with Crippen LogP contribution in [0, 0.1) is 0 Å². The minimum atomic E-state index is -0.174. The van der Waals surface area contributed by atoms with E-state index in [-0.39, 0.29) is 17.9 Å². The summed E-state index contributed by atoms with van der Waals surface area (Å²) in [5.74, 6) is 0.0103. The van der Waals surface area contributed by atoms with E-state index < -0.39 is 0 Å². The number of hydrogen-bond donors (Lipinski definition) is 1. The fourth-order valence-corrected chi connectivity index (χ4v) is 2.32. The fourth-order valence-electron chi connectivity index (χ4n) is 2.32. The molecule has 110 valence electrons. The molecule has 5 heteroatoms. The summed E-state index contributed by atoms with van der Waals surface area (Å²) in [5.41, 5.74) is 0. The topological polar surface area (TPSA) is 58.6 Å². The lowest BCUT2D eigenvalue weighted by molar-refractivity contribution is -0.144. The molecule has 0 spiro atoms. The van der Waals surface area contributed by atoms with E-state index in [2.05, 4.69) is 12.2 Å². The summed E-state index contributed by atoms with van der Waals surface area (Å²) < 4.78 is 4.88. The van der Waals surface area contributed by atoms with Crippen molar-refractivity contribution in [2.75, 3.05) is 26.2 Å². The standard InChI is InChI=1S/C14H26N2O3/c1-3-9-15-12-7-5-10-16(14(12)18)11-6-8-13(17)19-4-2/h12,15H,3-11H2,1-2H3. The monoisotopic (exact) mass is 270 g/mol. The zero-order chi connectivity index (χ0) is 14.1. The highest BCUT2D eigenvalue weighted by Gasteiger charge is 2.27. The van der Waals surface area contributed by atoms with Crippen LogP contribution in [0.4, 0.5) is 0 Å². The number of ether oxygens (including phenoxy) is 1. The summed E-state index contributed by atoms with van der Waals surface area (Å²) in [4.78, 5) is 25.3. The van der Waals surface area contributed by atoms with Crippen LogP contribution in [0.1, 0.15) is 46.0 Å². The minimum absolute atomic E-state index is 0.0312. The molecule has 1 rings (SSSR count). The number of hydrogen-bond acceptors (Lipinski definition) is 4. The van der Waals surface area contributed by atoms with Crippen molar-refractivity contribution >= 4 is 11.9 Å². The van der Waals surface area contributed by atoms with E-state index in [1.807, 2.05) is 4.90 Å². The number of carbonyl (C=O) groups excluding carboxylic acids is 2. The first-order chi connectivity index (χ1) is 9.19. The molecule has 0 aliphatic carbocycles. The van der Waals surface area contributed by atoms with Gasteiger partial charge >= 0.3 is 5.97 Å². The Kier molecular flexibility index (Phi) is 7.48. The predicted octanol–water partition coefficient (Wildman–Crippen LogP) is 1.32. The molecule has 1 heterocycles. The number of carbonyl (C=O) groups is 2. The Bertz CT molecular complexity index is 294. The van der Waals surface area contributed by atoms with Crippen molar-refractivity contribution in [1.29, 1.82) is 0 Å². The van der Waals surface area contributed by atoms with Gasteiger partial charge in [0, 0.05) is 19.5 Å². The molecule has 0 bridgehead atoms. The van der Waals surface area contributed by atoms with Gasteiger partial charge in [0.2, 0.25) is 5.91 Å². The summed E-state index contributed by atoms with van der Waals surface area (Å²) in [7, 11) is 0. The molecule has 1 amide bonds. The Balaban J connectivity index is 2.28. The second-order valence-electron chi connectivity index (χ2n) is 4.88. The predicted molar refractivity (Wildman–Crippen MR) is 73.8 cm³/mol. The van der Waals surface area contributed by atoms with Crippen molar-refractivity contribution in [2.24, 2.45) is 0 Å². The summed E-state index contributed by atoms with van der Waals surface area (Å²) in [5, 5.41) is 3.29. The summed E-state index contributed by atoms with van der Waals surface area (Å²) in [6.45, 7) is 6.67. The van der Waals surface area contributed by atoms with Crippen LogP contribution in [-0.4, -0.2) is 49.1 Å². The van der Waals surface area contributed by atoms with E-state index in [0.717, 1.165) is 32.4 Å². The smallest absolute Gasteiger partial charge is 0.305 e. The molecule has 0 aromatic carbocycles. The van der Waals surface area contributed by atoms with E-state index in [9.17, 15) is 9.59 Å². The van der Waals surface area contributed by atoms with Crippen LogP contribution in [0.3, 0.4) is 0 Å². The van der Waals surface area contributed by atoms with Crippen LogP contribution >= 0.6 is 0 Å². The van der Waals surface area contributed by atoms with Crippen LogP contribution in [0.15, 0.2) is 0 Å². The van der Waals surface area contributed by atoms with E-state index in [4.69, 9.17) is 4.74 Å². The second-order valence-corrected chi connectivity index (χ2v) is 4.88. The lowest BCUT2D eigenvalue weighted by atomic mass is 10.0. The lowest BCUT2D eigenvalue weighted by Gasteiger charge is -2.32. The molecule has 0 aromatic rings. The highest BCUT2D eigenvalue weighted by Crippen LogP contribution is 2.12. The largest absolute Gasteiger partial charge is 0.466 e. The average molecular weight is 270 g/mol. The maximum Gasteiger partial charge on any atom is 0.305 e. The number of rotatable bonds is 8. The fraction of sp³-hybridized carbons (Fsp3) is 0.857. The average Bonchev–Trinajstić information content (AvgIpc) is 2.40. The van der Waals surface area contributed by atoms with Gasteiger partial charge in [-0.1, -0.05) is 6.92 Å². The van der Waals surface area contributed by atoms with Gasteiger partial charge in [-0.25, -0.2) is 0 Å². The summed E-state index contributed by atoms with van der Waals surface area (Å²) >= 11 is 0. The van der Waals surface area contributed by atoms with Crippen LogP contribution in [0.2, 0.25) is 0 Å². The van der Waals surface area contributed by atoms with Gasteiger partial charge in [-0.15, -0.1) is 0 Å². The van der Waals surface area contributed by atoms with E-state index in [0.29, 0.717) is 26.0 Å². The Morgan fingerprint density at radius 1 is 1.47 bits per heavy atom. The third-order valence-corrected chi connectivity index (χ3v) is 3.29. The number of amides is 1. The van der Waals surface area contributed by atoms with Crippen molar-refractivity contribution in [1.82, 2.24) is 10.2 Å². The molecular formula is C14H26N2O3. The van der Waals surface area contributed by atoms with Crippen LogP contribution in [0.5, 0.6) is 0 Å². The SMILES string of the molecule is CCCNC1CCCN(CCCC(=O)OCC)C1=O. The molecule has 1 saturated heterocycles. The Morgan fingerprint density at radius 3 is 2.95 bits per heavy atom. The zero-order valence-electron chi connectivity index (χ0n) is 12.1. The lowest BCUT2D eigenvalue weighted by Crippen LogP contribution is -2.51. The second kappa shape index (κ2) is 8.91. The minimum Gasteiger partial charge on any atom is -0.466 e. The Hall–Kier alpha value is -1.10. The van der Waals surface area contributed by atoms with Gasteiger partial charge in [-0.3, -0.25) is 9.59 Å². The van der Waals surface area contributed by atoms with Crippen LogP contribution in [-0.2, 0) is 14.3 Å². The van der Waals surface area contributed by atoms with Crippen molar-refractivity contribution in [3.63, 3.8) is 0 Å². The van der Waals surface area contributed by atoms with E-state index >= 15 is 0 Å². The molecule has 19 heavy (non-hydrogen) atoms. The molecule has 1 unspecified atom stereocenters. The molecule has 0 radical (unpaired) electrons. The van der Waals surface area contributed by atoms with Crippen molar-refractivity contribution in [3.8, 4) is 0 Å². The Labute approximate surface area is 115 Å². The molecule has 1 N–H and O–H groups in total. The molecule has 0 saturated carbocycles. The number of likely N-dealkylation sites (tertiary alicyclic amines) is 1. The first-order valence-electron chi connectivity index (χ1n) is 7.36. The maximum absolute atomic E-state index is 12.2. The van der Waals surface area contributed by atoms with Gasteiger partial charge < -0.3 is 15.0 Å². The number of nitrogens with one attached hydrogen (secondary N) is 1. The van der Waals surface area contributed by atoms with E-state index in [1.165, 1.54) is 0 Å². The highest BCUT2D eigenvalue weighted by molar-refractivity contribution is 5.82. The molecule has 5 nitrogen and oxygen atoms in total.